The van der Waals surface area contributed by atoms with E-state index in [1.807, 2.05) is 20.8 Å². The van der Waals surface area contributed by atoms with Crippen molar-refractivity contribution in [3.63, 3.8) is 0 Å². The minimum atomic E-state index is -0.578. The monoisotopic (exact) mass is 265 g/mol. The van der Waals surface area contributed by atoms with Gasteiger partial charge in [-0.25, -0.2) is 8.78 Å². The van der Waals surface area contributed by atoms with Gasteiger partial charge in [-0.1, -0.05) is 0 Å². The lowest BCUT2D eigenvalue weighted by molar-refractivity contribution is 0.495. The van der Waals surface area contributed by atoms with Crippen LogP contribution in [0.4, 0.5) is 8.78 Å². The van der Waals surface area contributed by atoms with Crippen LogP contribution in [0.2, 0.25) is 0 Å². The van der Waals surface area contributed by atoms with Crippen LogP contribution < -0.4 is 5.32 Å². The molecule has 0 aliphatic carbocycles. The number of nitrogens with one attached hydrogen (secondary N) is 1. The van der Waals surface area contributed by atoms with Crippen LogP contribution in [-0.2, 0) is 0 Å². The third-order valence-electron chi connectivity index (χ3n) is 3.41. The average Bonchev–Trinajstić information content (AvgIpc) is 2.56. The van der Waals surface area contributed by atoms with Crippen molar-refractivity contribution in [2.75, 3.05) is 7.05 Å². The lowest BCUT2D eigenvalue weighted by Crippen LogP contribution is -2.19. The zero-order valence-electron chi connectivity index (χ0n) is 11.5. The van der Waals surface area contributed by atoms with Crippen molar-refractivity contribution in [1.29, 1.82) is 0 Å². The van der Waals surface area contributed by atoms with Crippen molar-refractivity contribution >= 4 is 0 Å². The lowest BCUT2D eigenvalue weighted by Gasteiger charge is -2.17. The van der Waals surface area contributed by atoms with Gasteiger partial charge in [-0.2, -0.15) is 0 Å². The molecule has 19 heavy (non-hydrogen) atoms. The summed E-state index contributed by atoms with van der Waals surface area (Å²) in [5, 5.41) is 3.09. The standard InChI is InChI=1S/C15H17F2NO/c1-8-9(2)19-10(3)14(8)15(18-4)11-5-12(16)7-13(17)6-11/h5-7,15,18H,1-4H3. The van der Waals surface area contributed by atoms with E-state index in [4.69, 9.17) is 4.42 Å². The van der Waals surface area contributed by atoms with Gasteiger partial charge in [0.2, 0.25) is 0 Å². The summed E-state index contributed by atoms with van der Waals surface area (Å²) < 4.78 is 32.3. The van der Waals surface area contributed by atoms with E-state index in [9.17, 15) is 8.78 Å². The molecule has 0 spiro atoms. The van der Waals surface area contributed by atoms with Crippen molar-refractivity contribution in [3.8, 4) is 0 Å². The molecular weight excluding hydrogens is 248 g/mol. The Hall–Kier alpha value is -1.68. The Morgan fingerprint density at radius 2 is 1.58 bits per heavy atom. The fourth-order valence-corrected chi connectivity index (χ4v) is 2.45. The number of furan rings is 1. The maximum atomic E-state index is 13.4. The minimum Gasteiger partial charge on any atom is -0.466 e. The van der Waals surface area contributed by atoms with E-state index in [2.05, 4.69) is 5.32 Å². The predicted octanol–water partition coefficient (Wildman–Crippen LogP) is 3.79. The highest BCUT2D eigenvalue weighted by Gasteiger charge is 2.22. The molecule has 2 aromatic rings. The Morgan fingerprint density at radius 3 is 2.00 bits per heavy atom. The number of aryl methyl sites for hydroxylation is 2. The molecule has 0 aliphatic heterocycles. The molecule has 1 N–H and O–H groups in total. The van der Waals surface area contributed by atoms with Crippen LogP contribution in [0.25, 0.3) is 0 Å². The van der Waals surface area contributed by atoms with Gasteiger partial charge in [0.25, 0.3) is 0 Å². The second kappa shape index (κ2) is 5.13. The maximum Gasteiger partial charge on any atom is 0.126 e. The fourth-order valence-electron chi connectivity index (χ4n) is 2.45. The summed E-state index contributed by atoms with van der Waals surface area (Å²) in [4.78, 5) is 0. The Labute approximate surface area is 111 Å². The summed E-state index contributed by atoms with van der Waals surface area (Å²) >= 11 is 0. The van der Waals surface area contributed by atoms with E-state index in [1.54, 1.807) is 7.05 Å². The molecule has 0 saturated heterocycles. The molecule has 2 nitrogen and oxygen atoms in total. The van der Waals surface area contributed by atoms with Crippen molar-refractivity contribution in [3.05, 3.63) is 58.0 Å². The molecule has 1 aromatic carbocycles. The molecule has 0 saturated carbocycles. The van der Waals surface area contributed by atoms with Crippen LogP contribution in [0.3, 0.4) is 0 Å². The van der Waals surface area contributed by atoms with Gasteiger partial charge >= 0.3 is 0 Å². The normalized spacial score (nSPS) is 12.7. The van der Waals surface area contributed by atoms with Gasteiger partial charge in [0.1, 0.15) is 23.2 Å². The Kier molecular flexibility index (Phi) is 3.71. The Balaban J connectivity index is 2.56. The average molecular weight is 265 g/mol. The molecule has 0 bridgehead atoms. The number of benzene rings is 1. The van der Waals surface area contributed by atoms with E-state index >= 15 is 0 Å². The summed E-state index contributed by atoms with van der Waals surface area (Å²) in [7, 11) is 1.76. The maximum absolute atomic E-state index is 13.4. The smallest absolute Gasteiger partial charge is 0.126 e. The molecule has 0 fully saturated rings. The first-order chi connectivity index (χ1) is 8.93. The molecule has 0 radical (unpaired) electrons. The highest BCUT2D eigenvalue weighted by Crippen LogP contribution is 2.31. The second-order valence-electron chi connectivity index (χ2n) is 4.68. The topological polar surface area (TPSA) is 25.2 Å². The number of hydrogen-bond donors (Lipinski definition) is 1. The summed E-state index contributed by atoms with van der Waals surface area (Å²) in [6, 6.07) is 3.26. The summed E-state index contributed by atoms with van der Waals surface area (Å²) in [5.74, 6) is 0.431. The van der Waals surface area contributed by atoms with E-state index in [1.165, 1.54) is 12.1 Å². The van der Waals surface area contributed by atoms with Gasteiger partial charge in [-0.15, -0.1) is 0 Å². The Morgan fingerprint density at radius 1 is 1.00 bits per heavy atom. The van der Waals surface area contributed by atoms with Crippen molar-refractivity contribution < 1.29 is 13.2 Å². The van der Waals surface area contributed by atoms with E-state index in [0.29, 0.717) is 5.56 Å². The van der Waals surface area contributed by atoms with Gasteiger partial charge < -0.3 is 9.73 Å². The molecule has 1 unspecified atom stereocenters. The van der Waals surface area contributed by atoms with E-state index < -0.39 is 11.6 Å². The van der Waals surface area contributed by atoms with Crippen molar-refractivity contribution in [2.24, 2.45) is 0 Å². The Bertz CT molecular complexity index is 584. The van der Waals surface area contributed by atoms with Crippen LogP contribution in [0.1, 0.15) is 34.3 Å². The largest absolute Gasteiger partial charge is 0.466 e. The fraction of sp³-hybridized carbons (Fsp3) is 0.333. The third kappa shape index (κ3) is 2.54. The number of hydrogen-bond acceptors (Lipinski definition) is 2. The highest BCUT2D eigenvalue weighted by molar-refractivity contribution is 5.40. The molecule has 1 atom stereocenters. The van der Waals surface area contributed by atoms with E-state index in [-0.39, 0.29) is 6.04 Å². The van der Waals surface area contributed by atoms with Crippen LogP contribution in [0, 0.1) is 32.4 Å². The highest BCUT2D eigenvalue weighted by atomic mass is 19.1. The summed E-state index contributed by atoms with van der Waals surface area (Å²) in [5.41, 5.74) is 2.48. The van der Waals surface area contributed by atoms with Gasteiger partial charge in [0.05, 0.1) is 6.04 Å². The first kappa shape index (κ1) is 13.7. The molecule has 2 rings (SSSR count). The second-order valence-corrected chi connectivity index (χ2v) is 4.68. The first-order valence-electron chi connectivity index (χ1n) is 6.13. The van der Waals surface area contributed by atoms with Crippen LogP contribution >= 0.6 is 0 Å². The predicted molar refractivity (Wildman–Crippen MR) is 70.2 cm³/mol. The molecule has 4 heteroatoms. The zero-order valence-corrected chi connectivity index (χ0v) is 11.5. The van der Waals surface area contributed by atoms with Crippen molar-refractivity contribution in [1.82, 2.24) is 5.32 Å². The van der Waals surface area contributed by atoms with Crippen LogP contribution in [0.15, 0.2) is 22.6 Å². The van der Waals surface area contributed by atoms with Crippen LogP contribution in [0.5, 0.6) is 0 Å². The molecule has 0 aliphatic rings. The molecule has 1 aromatic heterocycles. The van der Waals surface area contributed by atoms with Crippen LogP contribution in [-0.4, -0.2) is 7.05 Å². The SMILES string of the molecule is CNC(c1cc(F)cc(F)c1)c1c(C)oc(C)c1C. The summed E-state index contributed by atoms with van der Waals surface area (Å²) in [6.07, 6.45) is 0. The van der Waals surface area contributed by atoms with Gasteiger partial charge in [0.15, 0.2) is 0 Å². The quantitative estimate of drug-likeness (QED) is 0.913. The molecule has 102 valence electrons. The summed E-state index contributed by atoms with van der Waals surface area (Å²) in [6.45, 7) is 5.68. The molecule has 0 amide bonds. The van der Waals surface area contributed by atoms with Gasteiger partial charge in [0, 0.05) is 11.6 Å². The number of rotatable bonds is 3. The lowest BCUT2D eigenvalue weighted by atomic mass is 9.95. The number of halogens is 2. The molecule has 1 heterocycles. The molecular formula is C15H17F2NO. The zero-order chi connectivity index (χ0) is 14.2. The first-order valence-corrected chi connectivity index (χ1v) is 6.13. The van der Waals surface area contributed by atoms with Crippen molar-refractivity contribution in [2.45, 2.75) is 26.8 Å². The van der Waals surface area contributed by atoms with Gasteiger partial charge in [-0.3, -0.25) is 0 Å². The minimum absolute atomic E-state index is 0.289. The van der Waals surface area contributed by atoms with E-state index in [0.717, 1.165) is 28.7 Å². The third-order valence-corrected chi connectivity index (χ3v) is 3.41. The van der Waals surface area contributed by atoms with Gasteiger partial charge in [-0.05, 0) is 51.1 Å².